The number of ether oxygens (including phenoxy) is 1. The van der Waals surface area contributed by atoms with Crippen molar-refractivity contribution in [3.05, 3.63) is 95.1 Å². The molecular weight excluding hydrogens is 392 g/mol. The van der Waals surface area contributed by atoms with Gasteiger partial charge in [0.25, 0.3) is 0 Å². The van der Waals surface area contributed by atoms with Gasteiger partial charge in [-0.3, -0.25) is 0 Å². The van der Waals surface area contributed by atoms with Crippen LogP contribution < -0.4 is 5.32 Å². The molecule has 1 aliphatic rings. The van der Waals surface area contributed by atoms with E-state index < -0.39 is 29.7 Å². The van der Waals surface area contributed by atoms with Crippen LogP contribution in [0.2, 0.25) is 0 Å². The average molecular weight is 409 g/mol. The first-order valence-corrected chi connectivity index (χ1v) is 9.25. The topological polar surface area (TPSA) is 75.6 Å². The summed E-state index contributed by atoms with van der Waals surface area (Å²) in [5, 5.41) is 11.5. The molecule has 0 bridgehead atoms. The van der Waals surface area contributed by atoms with E-state index in [1.54, 1.807) is 0 Å². The van der Waals surface area contributed by atoms with E-state index in [4.69, 9.17) is 4.74 Å². The number of aliphatic carboxylic acids is 1. The van der Waals surface area contributed by atoms with Crippen molar-refractivity contribution in [3.8, 4) is 11.1 Å². The minimum atomic E-state index is -1.71. The molecule has 1 aliphatic carbocycles. The number of carbonyl (C=O) groups excluding carboxylic acids is 1. The summed E-state index contributed by atoms with van der Waals surface area (Å²) >= 11 is 0. The highest BCUT2D eigenvalue weighted by molar-refractivity contribution is 5.82. The Bertz CT molecular complexity index is 1090. The molecular formula is C23H17F2NO4. The van der Waals surface area contributed by atoms with E-state index in [1.807, 2.05) is 48.5 Å². The molecule has 0 heterocycles. The van der Waals surface area contributed by atoms with E-state index in [0.717, 1.165) is 34.4 Å². The van der Waals surface area contributed by atoms with E-state index in [1.165, 1.54) is 0 Å². The molecule has 3 aromatic carbocycles. The Morgan fingerprint density at radius 2 is 1.57 bits per heavy atom. The summed E-state index contributed by atoms with van der Waals surface area (Å²) in [5.41, 5.74) is 3.76. The van der Waals surface area contributed by atoms with Gasteiger partial charge in [-0.1, -0.05) is 54.6 Å². The predicted octanol–water partition coefficient (Wildman–Crippen LogP) is 4.63. The van der Waals surface area contributed by atoms with Gasteiger partial charge >= 0.3 is 12.1 Å². The number of alkyl carbamates (subject to hydrolysis) is 1. The van der Waals surface area contributed by atoms with Crippen LogP contribution in [0.4, 0.5) is 13.6 Å². The molecule has 4 rings (SSSR count). The van der Waals surface area contributed by atoms with Gasteiger partial charge < -0.3 is 15.2 Å². The monoisotopic (exact) mass is 409 g/mol. The van der Waals surface area contributed by atoms with Crippen molar-refractivity contribution in [2.45, 2.75) is 12.0 Å². The maximum Gasteiger partial charge on any atom is 0.408 e. The van der Waals surface area contributed by atoms with Crippen molar-refractivity contribution in [2.24, 2.45) is 0 Å². The number of fused-ring (bicyclic) bond motifs is 3. The lowest BCUT2D eigenvalue weighted by Gasteiger charge is -2.18. The lowest BCUT2D eigenvalue weighted by atomic mass is 9.98. The van der Waals surface area contributed by atoms with E-state index in [9.17, 15) is 23.5 Å². The molecule has 5 nitrogen and oxygen atoms in total. The van der Waals surface area contributed by atoms with Gasteiger partial charge in [0.1, 0.15) is 18.2 Å². The van der Waals surface area contributed by atoms with Crippen LogP contribution in [0.1, 0.15) is 28.7 Å². The zero-order valence-corrected chi connectivity index (χ0v) is 15.6. The van der Waals surface area contributed by atoms with Crippen LogP contribution in [0, 0.1) is 11.6 Å². The number of carboxylic acids is 1. The van der Waals surface area contributed by atoms with Gasteiger partial charge in [-0.2, -0.15) is 0 Å². The normalized spacial score (nSPS) is 13.3. The Morgan fingerprint density at radius 3 is 2.13 bits per heavy atom. The van der Waals surface area contributed by atoms with Gasteiger partial charge in [0.15, 0.2) is 6.04 Å². The summed E-state index contributed by atoms with van der Waals surface area (Å²) in [6, 6.07) is 16.3. The molecule has 1 amide bonds. The third-order valence-corrected chi connectivity index (χ3v) is 5.13. The van der Waals surface area contributed by atoms with Crippen molar-refractivity contribution in [2.75, 3.05) is 6.61 Å². The summed E-state index contributed by atoms with van der Waals surface area (Å²) in [4.78, 5) is 23.8. The minimum Gasteiger partial charge on any atom is -0.479 e. The molecule has 2 N–H and O–H groups in total. The first-order chi connectivity index (χ1) is 14.5. The Labute approximate surface area is 170 Å². The largest absolute Gasteiger partial charge is 0.479 e. The molecule has 3 aromatic rings. The van der Waals surface area contributed by atoms with Crippen molar-refractivity contribution in [1.82, 2.24) is 5.32 Å². The molecule has 0 spiro atoms. The lowest BCUT2D eigenvalue weighted by Crippen LogP contribution is -2.35. The lowest BCUT2D eigenvalue weighted by molar-refractivity contribution is -0.139. The first kappa shape index (κ1) is 19.6. The van der Waals surface area contributed by atoms with Gasteiger partial charge in [-0.05, 0) is 28.3 Å². The molecule has 152 valence electrons. The summed E-state index contributed by atoms with van der Waals surface area (Å²) < 4.78 is 32.4. The summed E-state index contributed by atoms with van der Waals surface area (Å²) in [6.07, 6.45) is -1.01. The standard InChI is InChI=1S/C23H17F2NO4/c24-13-9-10-18(20(25)11-13)21(22(27)28)26-23(29)30-12-19-16-7-3-1-5-14(16)15-6-2-4-8-17(15)19/h1-11,19,21H,12H2,(H,26,29)(H,27,28). The Hall–Kier alpha value is -3.74. The second-order valence-corrected chi connectivity index (χ2v) is 6.91. The Kier molecular flexibility index (Phi) is 5.18. The Balaban J connectivity index is 1.50. The van der Waals surface area contributed by atoms with Gasteiger partial charge in [-0.25, -0.2) is 18.4 Å². The first-order valence-electron chi connectivity index (χ1n) is 9.25. The number of rotatable bonds is 5. The van der Waals surface area contributed by atoms with Crippen LogP contribution in [0.5, 0.6) is 0 Å². The van der Waals surface area contributed by atoms with E-state index in [-0.39, 0.29) is 18.1 Å². The molecule has 0 radical (unpaired) electrons. The summed E-state index contributed by atoms with van der Waals surface area (Å²) in [5.74, 6) is -3.61. The zero-order chi connectivity index (χ0) is 21.3. The average Bonchev–Trinajstić information content (AvgIpc) is 3.05. The van der Waals surface area contributed by atoms with E-state index >= 15 is 0 Å². The fourth-order valence-corrected chi connectivity index (χ4v) is 3.77. The maximum absolute atomic E-state index is 14.0. The van der Waals surface area contributed by atoms with Gasteiger partial charge in [0, 0.05) is 17.5 Å². The summed E-state index contributed by atoms with van der Waals surface area (Å²) in [6.45, 7) is -0.0158. The number of carboxylic acid groups (broad SMARTS) is 1. The SMILES string of the molecule is O=C(NC(C(=O)O)c1ccc(F)cc1F)OCC1c2ccccc2-c2ccccc21. The van der Waals surface area contributed by atoms with Crippen LogP contribution in [0.3, 0.4) is 0 Å². The highest BCUT2D eigenvalue weighted by Gasteiger charge is 2.30. The predicted molar refractivity (Wildman–Crippen MR) is 105 cm³/mol. The molecule has 0 saturated heterocycles. The molecule has 1 unspecified atom stereocenters. The van der Waals surface area contributed by atoms with Gasteiger partial charge in [0.05, 0.1) is 0 Å². The number of hydrogen-bond acceptors (Lipinski definition) is 3. The number of benzene rings is 3. The third kappa shape index (κ3) is 3.61. The summed E-state index contributed by atoms with van der Waals surface area (Å²) in [7, 11) is 0. The molecule has 0 aromatic heterocycles. The van der Waals surface area contributed by atoms with Crippen LogP contribution >= 0.6 is 0 Å². The number of hydrogen-bond donors (Lipinski definition) is 2. The van der Waals surface area contributed by atoms with Crippen LogP contribution in [-0.4, -0.2) is 23.8 Å². The second-order valence-electron chi connectivity index (χ2n) is 6.91. The number of amides is 1. The fraction of sp³-hybridized carbons (Fsp3) is 0.130. The van der Waals surface area contributed by atoms with Crippen LogP contribution in [-0.2, 0) is 9.53 Å². The van der Waals surface area contributed by atoms with Crippen LogP contribution in [0.15, 0.2) is 66.7 Å². The van der Waals surface area contributed by atoms with E-state index in [2.05, 4.69) is 5.32 Å². The third-order valence-electron chi connectivity index (χ3n) is 5.13. The molecule has 0 aliphatic heterocycles. The zero-order valence-electron chi connectivity index (χ0n) is 15.6. The van der Waals surface area contributed by atoms with Crippen molar-refractivity contribution < 1.29 is 28.2 Å². The molecule has 0 fully saturated rings. The highest BCUT2D eigenvalue weighted by atomic mass is 19.1. The smallest absolute Gasteiger partial charge is 0.408 e. The van der Waals surface area contributed by atoms with Crippen molar-refractivity contribution in [1.29, 1.82) is 0 Å². The fourth-order valence-electron chi connectivity index (χ4n) is 3.77. The number of nitrogens with one attached hydrogen (secondary N) is 1. The van der Waals surface area contributed by atoms with Gasteiger partial charge in [-0.15, -0.1) is 0 Å². The Morgan fingerprint density at radius 1 is 0.967 bits per heavy atom. The number of halogens is 2. The molecule has 7 heteroatoms. The molecule has 0 saturated carbocycles. The van der Waals surface area contributed by atoms with Gasteiger partial charge in [0.2, 0.25) is 0 Å². The minimum absolute atomic E-state index is 0.0158. The quantitative estimate of drug-likeness (QED) is 0.644. The highest BCUT2D eigenvalue weighted by Crippen LogP contribution is 2.44. The number of carbonyl (C=O) groups is 2. The van der Waals surface area contributed by atoms with Crippen molar-refractivity contribution in [3.63, 3.8) is 0 Å². The van der Waals surface area contributed by atoms with Crippen molar-refractivity contribution >= 4 is 12.1 Å². The second kappa shape index (κ2) is 7.94. The maximum atomic E-state index is 14.0. The molecule has 30 heavy (non-hydrogen) atoms. The molecule has 1 atom stereocenters. The van der Waals surface area contributed by atoms with Crippen LogP contribution in [0.25, 0.3) is 11.1 Å². The van der Waals surface area contributed by atoms with E-state index in [0.29, 0.717) is 6.07 Å².